The number of carbonyl (C=O) groups excluding carboxylic acids is 1. The number of carbonyl (C=O) groups is 1. The number of anilines is 2. The maximum Gasteiger partial charge on any atom is 0.224 e. The molecule has 2 heterocycles. The number of ether oxygens (including phenoxy) is 2. The molecule has 0 aliphatic carbocycles. The van der Waals surface area contributed by atoms with Crippen LogP contribution in [0.3, 0.4) is 0 Å². The average Bonchev–Trinajstić information content (AvgIpc) is 2.74. The molecule has 154 valence electrons. The zero-order chi connectivity index (χ0) is 20.2. The van der Waals surface area contributed by atoms with E-state index in [1.54, 1.807) is 0 Å². The molecule has 6 heteroatoms. The second-order valence-electron chi connectivity index (χ2n) is 7.82. The number of fused-ring (bicyclic) bond motifs is 1. The van der Waals surface area contributed by atoms with E-state index in [1.165, 1.54) is 5.69 Å². The van der Waals surface area contributed by atoms with Gasteiger partial charge in [0.1, 0.15) is 13.2 Å². The highest BCUT2D eigenvalue weighted by atomic mass is 16.6. The Balaban J connectivity index is 1.32. The summed E-state index contributed by atoms with van der Waals surface area (Å²) in [6.45, 7) is 7.45. The Hall–Kier alpha value is -2.73. The van der Waals surface area contributed by atoms with Crippen molar-refractivity contribution in [3.8, 4) is 11.5 Å². The van der Waals surface area contributed by atoms with Gasteiger partial charge in [0.05, 0.1) is 0 Å². The first-order valence-corrected chi connectivity index (χ1v) is 10.3. The first-order valence-electron chi connectivity index (χ1n) is 10.3. The van der Waals surface area contributed by atoms with Gasteiger partial charge in [0, 0.05) is 44.0 Å². The molecule has 29 heavy (non-hydrogen) atoms. The van der Waals surface area contributed by atoms with Crippen LogP contribution in [0, 0.1) is 6.92 Å². The fraction of sp³-hybridized carbons (Fsp3) is 0.435. The Morgan fingerprint density at radius 3 is 2.52 bits per heavy atom. The lowest BCUT2D eigenvalue weighted by Crippen LogP contribution is -2.44. The quantitative estimate of drug-likeness (QED) is 0.843. The molecule has 2 aliphatic heterocycles. The Labute approximate surface area is 172 Å². The Bertz CT molecular complexity index is 876. The number of benzene rings is 2. The van der Waals surface area contributed by atoms with Crippen LogP contribution in [0.4, 0.5) is 11.4 Å². The lowest BCUT2D eigenvalue weighted by atomic mass is 10.1. The van der Waals surface area contributed by atoms with Gasteiger partial charge in [0.2, 0.25) is 5.91 Å². The average molecular weight is 396 g/mol. The minimum Gasteiger partial charge on any atom is -0.486 e. The maximum absolute atomic E-state index is 12.5. The third-order valence-electron chi connectivity index (χ3n) is 5.60. The SMILES string of the molecule is Cc1cc(N2CCN(C)CC2)ccc1NC(=O)CCc1ccc2c(c1)OCCO2. The molecule has 0 spiro atoms. The van der Waals surface area contributed by atoms with Crippen LogP contribution >= 0.6 is 0 Å². The number of nitrogens with zero attached hydrogens (tertiary/aromatic N) is 2. The molecule has 0 bridgehead atoms. The van der Waals surface area contributed by atoms with Crippen LogP contribution in [-0.2, 0) is 11.2 Å². The van der Waals surface area contributed by atoms with Crippen molar-refractivity contribution in [1.82, 2.24) is 4.90 Å². The molecule has 0 saturated carbocycles. The topological polar surface area (TPSA) is 54.0 Å². The van der Waals surface area contributed by atoms with E-state index in [4.69, 9.17) is 9.47 Å². The number of nitrogens with one attached hydrogen (secondary N) is 1. The van der Waals surface area contributed by atoms with Gasteiger partial charge in [0.15, 0.2) is 11.5 Å². The highest BCUT2D eigenvalue weighted by Gasteiger charge is 2.16. The summed E-state index contributed by atoms with van der Waals surface area (Å²) in [4.78, 5) is 17.2. The van der Waals surface area contributed by atoms with Crippen molar-refractivity contribution in [2.24, 2.45) is 0 Å². The van der Waals surface area contributed by atoms with E-state index in [0.29, 0.717) is 26.1 Å². The lowest BCUT2D eigenvalue weighted by molar-refractivity contribution is -0.116. The summed E-state index contributed by atoms with van der Waals surface area (Å²) >= 11 is 0. The molecule has 2 aliphatic rings. The normalized spacial score (nSPS) is 16.6. The van der Waals surface area contributed by atoms with E-state index < -0.39 is 0 Å². The van der Waals surface area contributed by atoms with Gasteiger partial charge in [-0.05, 0) is 61.9 Å². The minimum atomic E-state index is 0.0235. The molecule has 0 atom stereocenters. The van der Waals surface area contributed by atoms with Crippen molar-refractivity contribution in [3.63, 3.8) is 0 Å². The fourth-order valence-corrected chi connectivity index (χ4v) is 3.76. The summed E-state index contributed by atoms with van der Waals surface area (Å²) in [5, 5.41) is 3.06. The number of piperazine rings is 1. The standard InChI is InChI=1S/C23H29N3O3/c1-17-15-19(26-11-9-25(2)10-12-26)5-6-20(17)24-23(27)8-4-18-3-7-21-22(16-18)29-14-13-28-21/h3,5-7,15-16H,4,8-14H2,1-2H3,(H,24,27). The van der Waals surface area contributed by atoms with Gasteiger partial charge >= 0.3 is 0 Å². The first-order chi connectivity index (χ1) is 14.1. The van der Waals surface area contributed by atoms with Crippen LogP contribution in [0.1, 0.15) is 17.5 Å². The minimum absolute atomic E-state index is 0.0235. The van der Waals surface area contributed by atoms with E-state index in [9.17, 15) is 4.79 Å². The van der Waals surface area contributed by atoms with Crippen molar-refractivity contribution >= 4 is 17.3 Å². The molecule has 0 aromatic heterocycles. The van der Waals surface area contributed by atoms with Crippen LogP contribution < -0.4 is 19.7 Å². The molecule has 0 unspecified atom stereocenters. The predicted octanol–water partition coefficient (Wildman–Crippen LogP) is 3.09. The van der Waals surface area contributed by atoms with Crippen molar-refractivity contribution < 1.29 is 14.3 Å². The summed E-state index contributed by atoms with van der Waals surface area (Å²) < 4.78 is 11.2. The maximum atomic E-state index is 12.5. The van der Waals surface area contributed by atoms with Crippen molar-refractivity contribution in [2.45, 2.75) is 19.8 Å². The molecule has 2 aromatic rings. The van der Waals surface area contributed by atoms with Gasteiger partial charge in [-0.3, -0.25) is 4.79 Å². The summed E-state index contributed by atoms with van der Waals surface area (Å²) in [7, 11) is 2.16. The number of rotatable bonds is 5. The van der Waals surface area contributed by atoms with Crippen molar-refractivity contribution in [3.05, 3.63) is 47.5 Å². The molecular formula is C23H29N3O3. The molecule has 6 nitrogen and oxygen atoms in total. The summed E-state index contributed by atoms with van der Waals surface area (Å²) in [6, 6.07) is 12.2. The van der Waals surface area contributed by atoms with Crippen LogP contribution in [0.25, 0.3) is 0 Å². The highest BCUT2D eigenvalue weighted by molar-refractivity contribution is 5.91. The van der Waals surface area contributed by atoms with Crippen molar-refractivity contribution in [2.75, 3.05) is 56.7 Å². The fourth-order valence-electron chi connectivity index (χ4n) is 3.76. The zero-order valence-electron chi connectivity index (χ0n) is 17.2. The first kappa shape index (κ1) is 19.6. The number of aryl methyl sites for hydroxylation is 2. The van der Waals surface area contributed by atoms with E-state index >= 15 is 0 Å². The third-order valence-corrected chi connectivity index (χ3v) is 5.60. The van der Waals surface area contributed by atoms with Crippen LogP contribution in [0.15, 0.2) is 36.4 Å². The van der Waals surface area contributed by atoms with Gasteiger partial charge in [-0.2, -0.15) is 0 Å². The van der Waals surface area contributed by atoms with Gasteiger partial charge in [-0.25, -0.2) is 0 Å². The molecule has 4 rings (SSSR count). The van der Waals surface area contributed by atoms with E-state index in [0.717, 1.165) is 54.5 Å². The predicted molar refractivity (Wildman–Crippen MR) is 115 cm³/mol. The Morgan fingerprint density at radius 2 is 1.76 bits per heavy atom. The molecular weight excluding hydrogens is 366 g/mol. The second kappa shape index (κ2) is 8.74. The number of likely N-dealkylation sites (N-methyl/N-ethyl adjacent to an activating group) is 1. The number of amides is 1. The van der Waals surface area contributed by atoms with Gasteiger partial charge in [0.25, 0.3) is 0 Å². The lowest BCUT2D eigenvalue weighted by Gasteiger charge is -2.34. The Morgan fingerprint density at radius 1 is 1.00 bits per heavy atom. The third kappa shape index (κ3) is 4.82. The molecule has 1 N–H and O–H groups in total. The van der Waals surface area contributed by atoms with E-state index in [1.807, 2.05) is 24.3 Å². The highest BCUT2D eigenvalue weighted by Crippen LogP contribution is 2.31. The van der Waals surface area contributed by atoms with E-state index in [-0.39, 0.29) is 5.91 Å². The van der Waals surface area contributed by atoms with Gasteiger partial charge in [-0.15, -0.1) is 0 Å². The molecule has 1 amide bonds. The molecule has 1 saturated heterocycles. The summed E-state index contributed by atoms with van der Waals surface area (Å²) in [6.07, 6.45) is 1.10. The molecule has 0 radical (unpaired) electrons. The number of hydrogen-bond donors (Lipinski definition) is 1. The zero-order valence-corrected chi connectivity index (χ0v) is 17.2. The van der Waals surface area contributed by atoms with Crippen LogP contribution in [-0.4, -0.2) is 57.2 Å². The second-order valence-corrected chi connectivity index (χ2v) is 7.82. The number of hydrogen-bond acceptors (Lipinski definition) is 5. The van der Waals surface area contributed by atoms with Crippen molar-refractivity contribution in [1.29, 1.82) is 0 Å². The Kier molecular flexibility index (Phi) is 5.90. The van der Waals surface area contributed by atoms with Crippen LogP contribution in [0.5, 0.6) is 11.5 Å². The monoisotopic (exact) mass is 395 g/mol. The summed E-state index contributed by atoms with van der Waals surface area (Å²) in [5.41, 5.74) is 4.28. The smallest absolute Gasteiger partial charge is 0.224 e. The van der Waals surface area contributed by atoms with Crippen LogP contribution in [0.2, 0.25) is 0 Å². The van der Waals surface area contributed by atoms with Gasteiger partial charge < -0.3 is 24.6 Å². The summed E-state index contributed by atoms with van der Waals surface area (Å²) in [5.74, 6) is 1.57. The molecule has 1 fully saturated rings. The van der Waals surface area contributed by atoms with Gasteiger partial charge in [-0.1, -0.05) is 6.07 Å². The largest absolute Gasteiger partial charge is 0.486 e. The molecule has 2 aromatic carbocycles. The van der Waals surface area contributed by atoms with E-state index in [2.05, 4.69) is 41.2 Å².